The van der Waals surface area contributed by atoms with E-state index in [1.54, 1.807) is 0 Å². The number of hydrogen-bond acceptors (Lipinski definition) is 4. The van der Waals surface area contributed by atoms with Gasteiger partial charge in [0.2, 0.25) is 0 Å². The number of benzene rings is 1. The fourth-order valence-electron chi connectivity index (χ4n) is 3.61. The van der Waals surface area contributed by atoms with Gasteiger partial charge in [-0.1, -0.05) is 13.0 Å². The molecule has 2 aliphatic heterocycles. The number of piperidine rings is 1. The zero-order chi connectivity index (χ0) is 18.9. The number of rotatable bonds is 6. The first-order valence-electron chi connectivity index (χ1n) is 10.4. The smallest absolute Gasteiger partial charge is 0.191 e. The molecule has 0 radical (unpaired) electrons. The topological polar surface area (TPSA) is 58.1 Å². The Balaban J connectivity index is 0.00000280. The predicted octanol–water partition coefficient (Wildman–Crippen LogP) is 3.40. The number of nitrogens with one attached hydrogen (secondary N) is 2. The highest BCUT2D eigenvalue weighted by Crippen LogP contribution is 2.30. The van der Waals surface area contributed by atoms with E-state index < -0.39 is 0 Å². The van der Waals surface area contributed by atoms with Crippen LogP contribution in [-0.2, 0) is 6.54 Å². The maximum absolute atomic E-state index is 5.79. The van der Waals surface area contributed by atoms with Gasteiger partial charge >= 0.3 is 0 Å². The lowest BCUT2D eigenvalue weighted by Gasteiger charge is -2.32. The summed E-state index contributed by atoms with van der Waals surface area (Å²) in [5, 5.41) is 7.00. The molecule has 0 spiro atoms. The van der Waals surface area contributed by atoms with Crippen LogP contribution in [-0.4, -0.2) is 56.3 Å². The van der Waals surface area contributed by atoms with Gasteiger partial charge in [-0.15, -0.1) is 24.0 Å². The summed E-state index contributed by atoms with van der Waals surface area (Å²) in [7, 11) is 0. The van der Waals surface area contributed by atoms with Crippen LogP contribution in [0.5, 0.6) is 11.5 Å². The molecular weight excluding hydrogens is 467 g/mol. The minimum Gasteiger partial charge on any atom is -0.490 e. The molecular formula is C21H35IN4O2. The van der Waals surface area contributed by atoms with Crippen molar-refractivity contribution in [3.63, 3.8) is 0 Å². The summed E-state index contributed by atoms with van der Waals surface area (Å²) < 4.78 is 11.5. The van der Waals surface area contributed by atoms with Crippen molar-refractivity contribution < 1.29 is 9.47 Å². The molecule has 0 amide bonds. The fourth-order valence-corrected chi connectivity index (χ4v) is 3.61. The van der Waals surface area contributed by atoms with E-state index in [1.165, 1.54) is 38.9 Å². The average Bonchev–Trinajstić information content (AvgIpc) is 2.93. The highest BCUT2D eigenvalue weighted by atomic mass is 127. The van der Waals surface area contributed by atoms with Crippen molar-refractivity contribution in [1.82, 2.24) is 15.5 Å². The van der Waals surface area contributed by atoms with Gasteiger partial charge in [0.15, 0.2) is 17.5 Å². The maximum Gasteiger partial charge on any atom is 0.191 e. The van der Waals surface area contributed by atoms with Gasteiger partial charge in [0, 0.05) is 32.1 Å². The van der Waals surface area contributed by atoms with Crippen LogP contribution < -0.4 is 20.1 Å². The van der Waals surface area contributed by atoms with Crippen molar-refractivity contribution in [3.8, 4) is 11.5 Å². The summed E-state index contributed by atoms with van der Waals surface area (Å²) in [4.78, 5) is 7.35. The van der Waals surface area contributed by atoms with E-state index in [9.17, 15) is 0 Å². The Morgan fingerprint density at radius 1 is 1.14 bits per heavy atom. The molecule has 1 saturated heterocycles. The molecule has 0 unspecified atom stereocenters. The molecule has 0 atom stereocenters. The molecule has 1 aromatic carbocycles. The van der Waals surface area contributed by atoms with Crippen LogP contribution >= 0.6 is 24.0 Å². The number of aliphatic imine (C=N–C) groups is 1. The van der Waals surface area contributed by atoms with Gasteiger partial charge in [-0.3, -0.25) is 0 Å². The van der Waals surface area contributed by atoms with E-state index in [-0.39, 0.29) is 24.0 Å². The van der Waals surface area contributed by atoms with Crippen molar-refractivity contribution in [2.24, 2.45) is 4.99 Å². The Bertz CT molecular complexity index is 618. The van der Waals surface area contributed by atoms with E-state index in [0.29, 0.717) is 19.2 Å². The van der Waals surface area contributed by atoms with Crippen LogP contribution in [0.3, 0.4) is 0 Å². The van der Waals surface area contributed by atoms with E-state index in [2.05, 4.69) is 41.5 Å². The van der Waals surface area contributed by atoms with Crippen LogP contribution in [0.25, 0.3) is 0 Å². The number of halogens is 1. The van der Waals surface area contributed by atoms with Crippen molar-refractivity contribution in [3.05, 3.63) is 23.8 Å². The lowest BCUT2D eigenvalue weighted by Crippen LogP contribution is -2.48. The summed E-state index contributed by atoms with van der Waals surface area (Å²) in [6.07, 6.45) is 4.51. The van der Waals surface area contributed by atoms with Gasteiger partial charge in [-0.25, -0.2) is 4.99 Å². The van der Waals surface area contributed by atoms with Gasteiger partial charge in [0.05, 0.1) is 19.8 Å². The summed E-state index contributed by atoms with van der Waals surface area (Å²) in [5.41, 5.74) is 1.13. The number of hydrogen-bond donors (Lipinski definition) is 2. The van der Waals surface area contributed by atoms with Crippen LogP contribution in [0, 0.1) is 0 Å². The summed E-state index contributed by atoms with van der Waals surface area (Å²) in [6, 6.07) is 6.62. The molecule has 3 rings (SSSR count). The first kappa shape index (κ1) is 23.1. The van der Waals surface area contributed by atoms with E-state index in [4.69, 9.17) is 14.5 Å². The minimum atomic E-state index is 0. The molecule has 158 valence electrons. The molecule has 0 bridgehead atoms. The minimum absolute atomic E-state index is 0. The third kappa shape index (κ3) is 6.99. The number of guanidine groups is 1. The standard InChI is InChI=1S/C21H34N4O2.HI/c1-3-10-25-11-8-18(9-12-25)24-21(22-4-2)23-16-17-6-7-19-20(15-17)27-14-5-13-26-19;/h6-7,15,18H,3-5,8-14,16H2,1-2H3,(H2,22,23,24);1H. The van der Waals surface area contributed by atoms with E-state index in [1.807, 2.05) is 6.07 Å². The van der Waals surface area contributed by atoms with Gasteiger partial charge in [-0.05, 0) is 50.4 Å². The molecule has 0 saturated carbocycles. The first-order valence-corrected chi connectivity index (χ1v) is 10.4. The lowest BCUT2D eigenvalue weighted by molar-refractivity contribution is 0.206. The fraction of sp³-hybridized carbons (Fsp3) is 0.667. The third-order valence-electron chi connectivity index (χ3n) is 5.04. The number of nitrogens with zero attached hydrogens (tertiary/aromatic N) is 2. The van der Waals surface area contributed by atoms with Crippen molar-refractivity contribution in [1.29, 1.82) is 0 Å². The quantitative estimate of drug-likeness (QED) is 0.355. The molecule has 0 aromatic heterocycles. The van der Waals surface area contributed by atoms with Gasteiger partial charge in [0.1, 0.15) is 0 Å². The monoisotopic (exact) mass is 502 g/mol. The highest BCUT2D eigenvalue weighted by molar-refractivity contribution is 14.0. The molecule has 28 heavy (non-hydrogen) atoms. The number of ether oxygens (including phenoxy) is 2. The van der Waals surface area contributed by atoms with Gasteiger partial charge < -0.3 is 25.0 Å². The average molecular weight is 502 g/mol. The molecule has 2 N–H and O–H groups in total. The normalized spacial score (nSPS) is 18.1. The van der Waals surface area contributed by atoms with Crippen LogP contribution in [0.15, 0.2) is 23.2 Å². The summed E-state index contributed by atoms with van der Waals surface area (Å²) in [6.45, 7) is 10.8. The second-order valence-electron chi connectivity index (χ2n) is 7.29. The highest BCUT2D eigenvalue weighted by Gasteiger charge is 2.19. The Morgan fingerprint density at radius 3 is 2.61 bits per heavy atom. The van der Waals surface area contributed by atoms with Crippen LogP contribution in [0.1, 0.15) is 45.1 Å². The third-order valence-corrected chi connectivity index (χ3v) is 5.04. The molecule has 1 aromatic rings. The number of fused-ring (bicyclic) bond motifs is 1. The van der Waals surface area contributed by atoms with Crippen molar-refractivity contribution in [2.75, 3.05) is 39.4 Å². The summed E-state index contributed by atoms with van der Waals surface area (Å²) in [5.74, 6) is 2.57. The molecule has 2 heterocycles. The Labute approximate surface area is 186 Å². The number of likely N-dealkylation sites (tertiary alicyclic amines) is 1. The largest absolute Gasteiger partial charge is 0.490 e. The Morgan fingerprint density at radius 2 is 1.89 bits per heavy atom. The van der Waals surface area contributed by atoms with E-state index >= 15 is 0 Å². The van der Waals surface area contributed by atoms with Crippen molar-refractivity contribution in [2.45, 2.75) is 52.1 Å². The van der Waals surface area contributed by atoms with Gasteiger partial charge in [-0.2, -0.15) is 0 Å². The van der Waals surface area contributed by atoms with Crippen LogP contribution in [0.2, 0.25) is 0 Å². The maximum atomic E-state index is 5.79. The first-order chi connectivity index (χ1) is 13.3. The lowest BCUT2D eigenvalue weighted by atomic mass is 10.1. The molecule has 1 fully saturated rings. The van der Waals surface area contributed by atoms with Crippen molar-refractivity contribution >= 4 is 29.9 Å². The second kappa shape index (κ2) is 12.4. The van der Waals surface area contributed by atoms with Gasteiger partial charge in [0.25, 0.3) is 0 Å². The Hall–Kier alpha value is -1.22. The predicted molar refractivity (Wildman–Crippen MR) is 125 cm³/mol. The molecule has 0 aliphatic carbocycles. The van der Waals surface area contributed by atoms with E-state index in [0.717, 1.165) is 42.6 Å². The SMILES string of the molecule is CCCN1CCC(NC(=NCc2ccc3c(c2)OCCCO3)NCC)CC1.I. The Kier molecular flexibility index (Phi) is 10.2. The van der Waals surface area contributed by atoms with Crippen LogP contribution in [0.4, 0.5) is 0 Å². The molecule has 6 nitrogen and oxygen atoms in total. The summed E-state index contributed by atoms with van der Waals surface area (Å²) >= 11 is 0. The second-order valence-corrected chi connectivity index (χ2v) is 7.29. The molecule has 2 aliphatic rings. The molecule has 7 heteroatoms. The zero-order valence-electron chi connectivity index (χ0n) is 17.2. The zero-order valence-corrected chi connectivity index (χ0v) is 19.5.